The largest absolute Gasteiger partial charge is 0.381 e. The van der Waals surface area contributed by atoms with Crippen molar-refractivity contribution < 1.29 is 4.52 Å². The third kappa shape index (κ3) is 1.83. The predicted octanol–water partition coefficient (Wildman–Crippen LogP) is 2.66. The fourth-order valence-corrected chi connectivity index (χ4v) is 3.67. The second-order valence-electron chi connectivity index (χ2n) is 6.07. The van der Waals surface area contributed by atoms with Gasteiger partial charge in [-0.2, -0.15) is 0 Å². The Kier molecular flexibility index (Phi) is 2.60. The summed E-state index contributed by atoms with van der Waals surface area (Å²) in [6.07, 6.45) is 3.88. The number of fused-ring (bicyclic) bond motifs is 3. The van der Waals surface area contributed by atoms with E-state index in [0.717, 1.165) is 11.3 Å². The lowest BCUT2D eigenvalue weighted by Gasteiger charge is -2.48. The number of nitrogens with zero attached hydrogens (tertiary/aromatic N) is 2. The molecule has 1 aromatic heterocycles. The number of nitrogen functional groups attached to an aromatic ring is 1. The van der Waals surface area contributed by atoms with Crippen LogP contribution in [0.2, 0.25) is 0 Å². The van der Waals surface area contributed by atoms with Crippen LogP contribution in [0.5, 0.6) is 0 Å². The fourth-order valence-electron chi connectivity index (χ4n) is 3.67. The van der Waals surface area contributed by atoms with Crippen molar-refractivity contribution >= 4 is 5.82 Å². The van der Waals surface area contributed by atoms with Crippen molar-refractivity contribution in [2.75, 3.05) is 25.4 Å². The Hall–Kier alpha value is -1.81. The molecule has 20 heavy (non-hydrogen) atoms. The van der Waals surface area contributed by atoms with Gasteiger partial charge in [0.1, 0.15) is 0 Å². The van der Waals surface area contributed by atoms with Gasteiger partial charge < -0.3 is 15.2 Å². The maximum absolute atomic E-state index is 5.60. The van der Waals surface area contributed by atoms with E-state index < -0.39 is 0 Å². The molecule has 2 N–H and O–H groups in total. The Bertz CT molecular complexity index is 595. The number of rotatable bonds is 2. The molecule has 0 radical (unpaired) electrons. The second-order valence-corrected chi connectivity index (χ2v) is 6.07. The van der Waals surface area contributed by atoms with Crippen LogP contribution >= 0.6 is 0 Å². The van der Waals surface area contributed by atoms with E-state index in [1.165, 1.54) is 44.5 Å². The van der Waals surface area contributed by atoms with Crippen LogP contribution in [0, 0.1) is 0 Å². The molecule has 1 aromatic carbocycles. The molecule has 0 atom stereocenters. The zero-order chi connectivity index (χ0) is 13.6. The van der Waals surface area contributed by atoms with Crippen molar-refractivity contribution in [1.82, 2.24) is 10.1 Å². The van der Waals surface area contributed by atoms with Crippen molar-refractivity contribution in [3.8, 4) is 11.3 Å². The van der Waals surface area contributed by atoms with Crippen LogP contribution < -0.4 is 5.73 Å². The van der Waals surface area contributed by atoms with Gasteiger partial charge in [0, 0.05) is 11.6 Å². The third-order valence-electron chi connectivity index (χ3n) is 5.03. The number of hydrogen-bond acceptors (Lipinski definition) is 4. The summed E-state index contributed by atoms with van der Waals surface area (Å²) < 4.78 is 5.21. The average Bonchev–Trinajstić information content (AvgIpc) is 2.96. The Morgan fingerprint density at radius 2 is 1.70 bits per heavy atom. The first-order chi connectivity index (χ1) is 9.75. The number of piperidine rings is 3. The van der Waals surface area contributed by atoms with Gasteiger partial charge in [-0.25, -0.2) is 0 Å². The van der Waals surface area contributed by atoms with Crippen molar-refractivity contribution in [1.29, 1.82) is 0 Å². The molecule has 3 fully saturated rings. The van der Waals surface area contributed by atoms with Crippen molar-refractivity contribution in [3.63, 3.8) is 0 Å². The molecular weight excluding hydrogens is 250 g/mol. The first-order valence-electron chi connectivity index (χ1n) is 7.31. The summed E-state index contributed by atoms with van der Waals surface area (Å²) in [6, 6.07) is 10.5. The van der Waals surface area contributed by atoms with E-state index in [1.807, 2.05) is 0 Å². The summed E-state index contributed by atoms with van der Waals surface area (Å²) in [5.74, 6) is 1.17. The van der Waals surface area contributed by atoms with Gasteiger partial charge in [0.05, 0.1) is 0 Å². The number of anilines is 1. The lowest BCUT2D eigenvalue weighted by atomic mass is 9.67. The van der Waals surface area contributed by atoms with E-state index in [1.54, 1.807) is 6.07 Å². The molecule has 5 rings (SSSR count). The highest BCUT2D eigenvalue weighted by atomic mass is 16.5. The van der Waals surface area contributed by atoms with E-state index in [9.17, 15) is 0 Å². The maximum atomic E-state index is 5.60. The van der Waals surface area contributed by atoms with Gasteiger partial charge >= 0.3 is 0 Å². The third-order valence-corrected chi connectivity index (χ3v) is 5.03. The SMILES string of the molecule is Nc1cc(-c2ccc(C34CCN(CC3)CC4)cc2)on1. The number of aromatic nitrogens is 1. The lowest BCUT2D eigenvalue weighted by Crippen LogP contribution is -2.50. The molecule has 4 nitrogen and oxygen atoms in total. The van der Waals surface area contributed by atoms with Crippen LogP contribution in [-0.4, -0.2) is 29.7 Å². The minimum Gasteiger partial charge on any atom is -0.381 e. The summed E-state index contributed by atoms with van der Waals surface area (Å²) in [7, 11) is 0. The normalized spacial score (nSPS) is 28.7. The van der Waals surface area contributed by atoms with Crippen LogP contribution in [0.25, 0.3) is 11.3 Å². The molecule has 0 aliphatic carbocycles. The van der Waals surface area contributed by atoms with Crippen molar-refractivity contribution in [2.45, 2.75) is 24.7 Å². The number of nitrogens with two attached hydrogens (primary N) is 1. The van der Waals surface area contributed by atoms with Gasteiger partial charge in [0.15, 0.2) is 11.6 Å². The monoisotopic (exact) mass is 269 g/mol. The molecule has 0 amide bonds. The molecule has 104 valence electrons. The number of benzene rings is 1. The van der Waals surface area contributed by atoms with E-state index in [2.05, 4.69) is 34.3 Å². The standard InChI is InChI=1S/C16H19N3O/c17-15-11-14(20-18-15)12-1-3-13(4-2-12)16-5-8-19(9-6-16)10-7-16/h1-4,11H,5-10H2,(H2,17,18). The molecule has 2 bridgehead atoms. The van der Waals surface area contributed by atoms with Crippen molar-refractivity contribution in [3.05, 3.63) is 35.9 Å². The van der Waals surface area contributed by atoms with Gasteiger partial charge in [-0.15, -0.1) is 0 Å². The Labute approximate surface area is 118 Å². The van der Waals surface area contributed by atoms with Crippen LogP contribution in [0.15, 0.2) is 34.9 Å². The molecular formula is C16H19N3O. The molecule has 3 aliphatic rings. The molecule has 0 spiro atoms. The predicted molar refractivity (Wildman–Crippen MR) is 78.3 cm³/mol. The Morgan fingerprint density at radius 3 is 2.25 bits per heavy atom. The van der Waals surface area contributed by atoms with Crippen LogP contribution in [0.3, 0.4) is 0 Å². The van der Waals surface area contributed by atoms with Gasteiger partial charge in [0.2, 0.25) is 0 Å². The Morgan fingerprint density at radius 1 is 1.05 bits per heavy atom. The molecule has 0 saturated carbocycles. The molecule has 2 aromatic rings. The van der Waals surface area contributed by atoms with Gasteiger partial charge in [-0.3, -0.25) is 0 Å². The molecule has 3 aliphatic heterocycles. The summed E-state index contributed by atoms with van der Waals surface area (Å²) in [6.45, 7) is 3.75. The first-order valence-corrected chi connectivity index (χ1v) is 7.31. The smallest absolute Gasteiger partial charge is 0.169 e. The quantitative estimate of drug-likeness (QED) is 0.910. The average molecular weight is 269 g/mol. The summed E-state index contributed by atoms with van der Waals surface area (Å²) >= 11 is 0. The maximum Gasteiger partial charge on any atom is 0.169 e. The summed E-state index contributed by atoms with van der Waals surface area (Å²) in [4.78, 5) is 2.58. The second kappa shape index (κ2) is 4.35. The highest BCUT2D eigenvalue weighted by Gasteiger charge is 2.40. The van der Waals surface area contributed by atoms with E-state index in [0.29, 0.717) is 11.2 Å². The van der Waals surface area contributed by atoms with Crippen LogP contribution in [0.1, 0.15) is 24.8 Å². The lowest BCUT2D eigenvalue weighted by molar-refractivity contribution is 0.0818. The molecule has 4 heterocycles. The van der Waals surface area contributed by atoms with Crippen molar-refractivity contribution in [2.24, 2.45) is 0 Å². The number of hydrogen-bond donors (Lipinski definition) is 1. The van der Waals surface area contributed by atoms with E-state index >= 15 is 0 Å². The highest BCUT2D eigenvalue weighted by Crippen LogP contribution is 2.43. The van der Waals surface area contributed by atoms with Gasteiger partial charge in [0.25, 0.3) is 0 Å². The summed E-state index contributed by atoms with van der Waals surface area (Å²) in [5, 5.41) is 3.74. The molecule has 3 saturated heterocycles. The first kappa shape index (κ1) is 12.0. The zero-order valence-corrected chi connectivity index (χ0v) is 11.5. The zero-order valence-electron chi connectivity index (χ0n) is 11.5. The highest BCUT2D eigenvalue weighted by molar-refractivity contribution is 5.60. The van der Waals surface area contributed by atoms with Crippen LogP contribution in [0.4, 0.5) is 5.82 Å². The van der Waals surface area contributed by atoms with Gasteiger partial charge in [-0.05, 0) is 49.9 Å². The minimum atomic E-state index is 0.410. The minimum absolute atomic E-state index is 0.410. The van der Waals surface area contributed by atoms with Gasteiger partial charge in [-0.1, -0.05) is 29.4 Å². The van der Waals surface area contributed by atoms with E-state index in [-0.39, 0.29) is 0 Å². The topological polar surface area (TPSA) is 55.3 Å². The summed E-state index contributed by atoms with van der Waals surface area (Å²) in [5.41, 5.74) is 8.54. The molecule has 0 unspecified atom stereocenters. The molecule has 4 heteroatoms. The fraction of sp³-hybridized carbons (Fsp3) is 0.438. The van der Waals surface area contributed by atoms with E-state index in [4.69, 9.17) is 10.3 Å². The Balaban J connectivity index is 1.64. The van der Waals surface area contributed by atoms with Crippen LogP contribution in [-0.2, 0) is 5.41 Å².